The van der Waals surface area contributed by atoms with Crippen LogP contribution in [-0.2, 0) is 4.79 Å². The van der Waals surface area contributed by atoms with Crippen LogP contribution in [0.1, 0.15) is 63.8 Å². The third-order valence-corrected chi connectivity index (χ3v) is 6.77. The third-order valence-electron chi connectivity index (χ3n) is 5.84. The van der Waals surface area contributed by atoms with Crippen molar-refractivity contribution in [2.75, 3.05) is 29.1 Å². The standard InChI is InChI=1S/C21H30N6OS/c28-20(16-29-21-23-24-25-27(21)19-8-4-3-5-9-19)22-17-10-12-18(13-11-17)26-14-6-1-2-7-15-26/h10-13,19H,1-9,14-16H2,(H,22,28). The van der Waals surface area contributed by atoms with E-state index >= 15 is 0 Å². The molecule has 29 heavy (non-hydrogen) atoms. The maximum absolute atomic E-state index is 12.4. The van der Waals surface area contributed by atoms with Gasteiger partial charge < -0.3 is 10.2 Å². The lowest BCUT2D eigenvalue weighted by atomic mass is 9.96. The third kappa shape index (κ3) is 5.50. The number of nitrogens with one attached hydrogen (secondary N) is 1. The maximum Gasteiger partial charge on any atom is 0.234 e. The minimum absolute atomic E-state index is 0.0317. The Kier molecular flexibility index (Phi) is 7.03. The van der Waals surface area contributed by atoms with Gasteiger partial charge in [-0.2, -0.15) is 0 Å². The van der Waals surface area contributed by atoms with Crippen molar-refractivity contribution in [3.05, 3.63) is 24.3 Å². The number of hydrogen-bond donors (Lipinski definition) is 1. The SMILES string of the molecule is O=C(CSc1nnnn1C1CCCCC1)Nc1ccc(N2CCCCCC2)cc1. The van der Waals surface area contributed by atoms with Gasteiger partial charge in [0.25, 0.3) is 0 Å². The van der Waals surface area contributed by atoms with Crippen LogP contribution in [0.2, 0.25) is 0 Å². The molecule has 4 rings (SSSR count). The van der Waals surface area contributed by atoms with Crippen LogP contribution in [0.3, 0.4) is 0 Å². The van der Waals surface area contributed by atoms with Gasteiger partial charge in [-0.1, -0.05) is 43.9 Å². The summed E-state index contributed by atoms with van der Waals surface area (Å²) in [5, 5.41) is 15.8. The molecule has 2 aliphatic rings. The van der Waals surface area contributed by atoms with Crippen molar-refractivity contribution >= 4 is 29.0 Å². The Hall–Kier alpha value is -2.09. The van der Waals surface area contributed by atoms with Gasteiger partial charge in [0.2, 0.25) is 11.1 Å². The average Bonchev–Trinajstić information content (AvgIpc) is 3.06. The summed E-state index contributed by atoms with van der Waals surface area (Å²) in [4.78, 5) is 14.9. The average molecular weight is 415 g/mol. The molecule has 1 aromatic heterocycles. The van der Waals surface area contributed by atoms with Crippen molar-refractivity contribution in [2.45, 2.75) is 69.0 Å². The number of hydrogen-bond acceptors (Lipinski definition) is 6. The lowest BCUT2D eigenvalue weighted by Crippen LogP contribution is -2.23. The van der Waals surface area contributed by atoms with Crippen LogP contribution in [0, 0.1) is 0 Å². The van der Waals surface area contributed by atoms with Gasteiger partial charge in [-0.3, -0.25) is 4.79 Å². The van der Waals surface area contributed by atoms with Crippen LogP contribution in [-0.4, -0.2) is 45.0 Å². The smallest absolute Gasteiger partial charge is 0.234 e. The molecule has 7 nitrogen and oxygen atoms in total. The van der Waals surface area contributed by atoms with Crippen LogP contribution in [0.4, 0.5) is 11.4 Å². The molecule has 156 valence electrons. The quantitative estimate of drug-likeness (QED) is 0.711. The number of nitrogens with zero attached hydrogens (tertiary/aromatic N) is 5. The Labute approximate surface area is 176 Å². The number of thioether (sulfide) groups is 1. The Morgan fingerprint density at radius 1 is 1.00 bits per heavy atom. The molecule has 2 fully saturated rings. The number of carbonyl (C=O) groups is 1. The topological polar surface area (TPSA) is 75.9 Å². The molecule has 1 amide bonds. The zero-order valence-electron chi connectivity index (χ0n) is 16.9. The molecule has 1 aromatic carbocycles. The molecule has 1 aliphatic carbocycles. The number of rotatable bonds is 6. The summed E-state index contributed by atoms with van der Waals surface area (Å²) in [6.07, 6.45) is 11.2. The van der Waals surface area contributed by atoms with Gasteiger partial charge in [0, 0.05) is 24.5 Å². The highest BCUT2D eigenvalue weighted by Crippen LogP contribution is 2.30. The van der Waals surface area contributed by atoms with Gasteiger partial charge >= 0.3 is 0 Å². The normalized spacial score (nSPS) is 18.4. The van der Waals surface area contributed by atoms with Crippen molar-refractivity contribution in [2.24, 2.45) is 0 Å². The second-order valence-corrected chi connectivity index (χ2v) is 8.93. The molecule has 1 aliphatic heterocycles. The van der Waals surface area contributed by atoms with Crippen molar-refractivity contribution < 1.29 is 4.79 Å². The number of aromatic nitrogens is 4. The number of carbonyl (C=O) groups excluding carboxylic acids is 1. The maximum atomic E-state index is 12.4. The monoisotopic (exact) mass is 414 g/mol. The molecule has 1 saturated heterocycles. The van der Waals surface area contributed by atoms with E-state index < -0.39 is 0 Å². The summed E-state index contributed by atoms with van der Waals surface area (Å²) >= 11 is 1.41. The molecule has 0 atom stereocenters. The highest BCUT2D eigenvalue weighted by atomic mass is 32.2. The van der Waals surface area contributed by atoms with Crippen LogP contribution >= 0.6 is 11.8 Å². The summed E-state index contributed by atoms with van der Waals surface area (Å²) in [6, 6.07) is 8.58. The Bertz CT molecular complexity index is 779. The Balaban J connectivity index is 1.28. The molecule has 0 unspecified atom stereocenters. The van der Waals surface area contributed by atoms with E-state index in [0.717, 1.165) is 36.8 Å². The minimum atomic E-state index is -0.0317. The minimum Gasteiger partial charge on any atom is -0.372 e. The summed E-state index contributed by atoms with van der Waals surface area (Å²) in [5.41, 5.74) is 2.08. The highest BCUT2D eigenvalue weighted by molar-refractivity contribution is 7.99. The van der Waals surface area contributed by atoms with Crippen molar-refractivity contribution in [3.63, 3.8) is 0 Å². The molecule has 0 spiro atoms. The van der Waals surface area contributed by atoms with E-state index in [0.29, 0.717) is 11.8 Å². The van der Waals surface area contributed by atoms with E-state index in [1.54, 1.807) is 0 Å². The van der Waals surface area contributed by atoms with E-state index in [-0.39, 0.29) is 5.91 Å². The fourth-order valence-corrected chi connectivity index (χ4v) is 4.99. The van der Waals surface area contributed by atoms with Crippen LogP contribution in [0.5, 0.6) is 0 Å². The lowest BCUT2D eigenvalue weighted by Gasteiger charge is -2.22. The Morgan fingerprint density at radius 2 is 1.69 bits per heavy atom. The largest absolute Gasteiger partial charge is 0.372 e. The molecule has 1 N–H and O–H groups in total. The zero-order valence-corrected chi connectivity index (χ0v) is 17.7. The molecule has 0 radical (unpaired) electrons. The zero-order chi connectivity index (χ0) is 19.9. The molecule has 2 heterocycles. The van der Waals surface area contributed by atoms with Gasteiger partial charge in [-0.05, 0) is 60.4 Å². The van der Waals surface area contributed by atoms with Gasteiger partial charge in [0.05, 0.1) is 11.8 Å². The number of benzene rings is 1. The molecule has 8 heteroatoms. The lowest BCUT2D eigenvalue weighted by molar-refractivity contribution is -0.113. The first-order chi connectivity index (χ1) is 14.3. The summed E-state index contributed by atoms with van der Waals surface area (Å²) in [6.45, 7) is 2.25. The summed E-state index contributed by atoms with van der Waals surface area (Å²) < 4.78 is 1.91. The molecular weight excluding hydrogens is 384 g/mol. The Morgan fingerprint density at radius 3 is 2.41 bits per heavy atom. The van der Waals surface area contributed by atoms with E-state index in [9.17, 15) is 4.79 Å². The fraction of sp³-hybridized carbons (Fsp3) is 0.619. The van der Waals surface area contributed by atoms with Gasteiger partial charge in [0.1, 0.15) is 0 Å². The van der Waals surface area contributed by atoms with Crippen molar-refractivity contribution in [1.29, 1.82) is 0 Å². The van der Waals surface area contributed by atoms with E-state index in [4.69, 9.17) is 0 Å². The molecule has 0 bridgehead atoms. The van der Waals surface area contributed by atoms with Crippen LogP contribution in [0.25, 0.3) is 0 Å². The molecular formula is C21H30N6OS. The highest BCUT2D eigenvalue weighted by Gasteiger charge is 2.20. The number of anilines is 2. The first-order valence-electron chi connectivity index (χ1n) is 10.8. The predicted octanol–water partition coefficient (Wildman–Crippen LogP) is 4.29. The second kappa shape index (κ2) is 10.1. The molecule has 1 saturated carbocycles. The van der Waals surface area contributed by atoms with Crippen LogP contribution < -0.4 is 10.2 Å². The van der Waals surface area contributed by atoms with Crippen LogP contribution in [0.15, 0.2) is 29.4 Å². The van der Waals surface area contributed by atoms with Crippen molar-refractivity contribution in [3.8, 4) is 0 Å². The number of tetrazole rings is 1. The number of amides is 1. The first kappa shape index (κ1) is 20.2. The van der Waals surface area contributed by atoms with E-state index in [1.165, 1.54) is 62.4 Å². The van der Waals surface area contributed by atoms with Crippen molar-refractivity contribution in [1.82, 2.24) is 20.2 Å². The molecule has 2 aromatic rings. The fourth-order valence-electron chi connectivity index (χ4n) is 4.25. The van der Waals surface area contributed by atoms with E-state index in [1.807, 2.05) is 16.8 Å². The van der Waals surface area contributed by atoms with Gasteiger partial charge in [0.15, 0.2) is 0 Å². The van der Waals surface area contributed by atoms with Gasteiger partial charge in [-0.15, -0.1) is 5.10 Å². The summed E-state index contributed by atoms with van der Waals surface area (Å²) in [5.74, 6) is 0.275. The summed E-state index contributed by atoms with van der Waals surface area (Å²) in [7, 11) is 0. The first-order valence-corrected chi connectivity index (χ1v) is 11.8. The second-order valence-electron chi connectivity index (χ2n) is 7.98. The van der Waals surface area contributed by atoms with Gasteiger partial charge in [-0.25, -0.2) is 4.68 Å². The predicted molar refractivity (Wildman–Crippen MR) is 116 cm³/mol. The van der Waals surface area contributed by atoms with E-state index in [2.05, 4.69) is 37.9 Å².